The molecule has 1 saturated heterocycles. The number of halogens is 1. The van der Waals surface area contributed by atoms with Crippen LogP contribution in [0, 0.1) is 17.3 Å². The maximum Gasteiger partial charge on any atom is 0.152 e. The van der Waals surface area contributed by atoms with Gasteiger partial charge >= 0.3 is 0 Å². The Morgan fingerprint density at radius 3 is 2.74 bits per heavy atom. The molecule has 4 rings (SSSR count). The Morgan fingerprint density at radius 2 is 2.09 bits per heavy atom. The van der Waals surface area contributed by atoms with Crippen LogP contribution in [0.25, 0.3) is 0 Å². The summed E-state index contributed by atoms with van der Waals surface area (Å²) in [4.78, 5) is 11.1. The number of ether oxygens (including phenoxy) is 1. The smallest absolute Gasteiger partial charge is 0.152 e. The molecule has 188 valence electrons. The zero-order valence-corrected chi connectivity index (χ0v) is 23.1. The van der Waals surface area contributed by atoms with Crippen LogP contribution in [0.1, 0.15) is 62.0 Å². The normalized spacial score (nSPS) is 19.9. The van der Waals surface area contributed by atoms with Crippen molar-refractivity contribution in [3.05, 3.63) is 51.4 Å². The summed E-state index contributed by atoms with van der Waals surface area (Å²) >= 11 is 2.13. The highest BCUT2D eigenvalue weighted by Gasteiger charge is 2.50. The van der Waals surface area contributed by atoms with Crippen LogP contribution in [0.3, 0.4) is 0 Å². The molecule has 2 atom stereocenters. The lowest BCUT2D eigenvalue weighted by Crippen LogP contribution is -2.50. The van der Waals surface area contributed by atoms with Gasteiger partial charge in [-0.2, -0.15) is 0 Å². The van der Waals surface area contributed by atoms with Gasteiger partial charge in [-0.3, -0.25) is 0 Å². The first-order valence-corrected chi connectivity index (χ1v) is 13.8. The zero-order chi connectivity index (χ0) is 25.2. The summed E-state index contributed by atoms with van der Waals surface area (Å²) in [7, 11) is 1.64. The molecule has 2 aliphatic rings. The first-order valence-electron chi connectivity index (χ1n) is 11.8. The lowest BCUT2D eigenvalue weighted by molar-refractivity contribution is 0.175. The highest BCUT2D eigenvalue weighted by Crippen LogP contribution is 2.53. The van der Waals surface area contributed by atoms with E-state index in [1.54, 1.807) is 13.3 Å². The summed E-state index contributed by atoms with van der Waals surface area (Å²) in [6.45, 7) is 7.80. The molecule has 1 fully saturated rings. The molecule has 0 radical (unpaired) electrons. The zero-order valence-electron chi connectivity index (χ0n) is 20.7. The van der Waals surface area contributed by atoms with E-state index in [2.05, 4.69) is 65.6 Å². The Labute approximate surface area is 219 Å². The van der Waals surface area contributed by atoms with Gasteiger partial charge in [0.25, 0.3) is 0 Å². The van der Waals surface area contributed by atoms with Gasteiger partial charge in [0.1, 0.15) is 21.7 Å². The summed E-state index contributed by atoms with van der Waals surface area (Å²) in [5.74, 6) is 6.96. The molecular weight excluding hydrogens is 528 g/mol. The van der Waals surface area contributed by atoms with Gasteiger partial charge in [-0.1, -0.05) is 17.9 Å². The van der Waals surface area contributed by atoms with Crippen molar-refractivity contribution in [1.29, 1.82) is 0 Å². The van der Waals surface area contributed by atoms with Gasteiger partial charge in [0.05, 0.1) is 18.8 Å². The Hall–Kier alpha value is -1.67. The second-order valence-electron chi connectivity index (χ2n) is 10.2. The molecule has 2 aromatic rings. The van der Waals surface area contributed by atoms with Crippen LogP contribution in [0.15, 0.2) is 29.0 Å². The van der Waals surface area contributed by atoms with Crippen LogP contribution in [-0.4, -0.2) is 51.2 Å². The number of methoxy groups -OCH3 is 1. The molecule has 1 unspecified atom stereocenters. The summed E-state index contributed by atoms with van der Waals surface area (Å²) in [6, 6.07) is 6.36. The lowest BCUT2D eigenvalue weighted by atomic mass is 9.73. The quantitative estimate of drug-likeness (QED) is 0.425. The molecule has 1 spiro atoms. The third-order valence-electron chi connectivity index (χ3n) is 6.84. The van der Waals surface area contributed by atoms with Crippen LogP contribution in [0.5, 0.6) is 0 Å². The van der Waals surface area contributed by atoms with Crippen LogP contribution in [-0.2, 0) is 29.1 Å². The minimum absolute atomic E-state index is 0.0304. The van der Waals surface area contributed by atoms with Crippen LogP contribution in [0.2, 0.25) is 0 Å². The minimum atomic E-state index is -1.21. The average Bonchev–Trinajstić information content (AvgIpc) is 3.11. The van der Waals surface area contributed by atoms with Gasteiger partial charge in [0, 0.05) is 42.5 Å². The van der Waals surface area contributed by atoms with Gasteiger partial charge in [-0.15, -0.1) is 4.72 Å². The molecule has 35 heavy (non-hydrogen) atoms. The number of rotatable bonds is 5. The fourth-order valence-electron chi connectivity index (χ4n) is 4.99. The van der Waals surface area contributed by atoms with Gasteiger partial charge in [-0.25, -0.2) is 9.97 Å². The third kappa shape index (κ3) is 5.68. The molecular formula is C26H33BrN4O3S. The highest BCUT2D eigenvalue weighted by atomic mass is 79.9. The second-order valence-corrected chi connectivity index (χ2v) is 13.0. The van der Waals surface area contributed by atoms with Crippen molar-refractivity contribution in [2.45, 2.75) is 57.4 Å². The van der Waals surface area contributed by atoms with E-state index in [0.717, 1.165) is 43.7 Å². The van der Waals surface area contributed by atoms with E-state index in [1.165, 1.54) is 11.1 Å². The Morgan fingerprint density at radius 1 is 1.34 bits per heavy atom. The van der Waals surface area contributed by atoms with Crippen molar-refractivity contribution in [3.8, 4) is 11.8 Å². The maximum atomic E-state index is 13.2. The predicted octanol–water partition coefficient (Wildman–Crippen LogP) is 3.67. The maximum absolute atomic E-state index is 13.2. The van der Waals surface area contributed by atoms with E-state index < -0.39 is 11.4 Å². The molecule has 1 aliphatic heterocycles. The van der Waals surface area contributed by atoms with Crippen molar-refractivity contribution in [2.24, 2.45) is 5.41 Å². The number of aliphatic hydroxyl groups is 1. The topological polar surface area (TPSA) is 93.6 Å². The van der Waals surface area contributed by atoms with Crippen molar-refractivity contribution in [1.82, 2.24) is 14.7 Å². The fraction of sp³-hybridized carbons (Fsp3) is 0.538. The molecule has 2 heterocycles. The Kier molecular flexibility index (Phi) is 8.11. The number of benzene rings is 1. The highest BCUT2D eigenvalue weighted by molar-refractivity contribution is 9.10. The van der Waals surface area contributed by atoms with Gasteiger partial charge in [0.2, 0.25) is 0 Å². The monoisotopic (exact) mass is 560 g/mol. The Balaban J connectivity index is 1.62. The standard InChI is InChI=1S/C26H33BrN4O3S/c1-25(2,3)35(33)30-23-20-14-18(6-5-13-34-4)7-8-19(20)15-26(23)9-11-31(12-10-26)24-21(17-32)29-22(27)16-28-24/h7-8,14,16,23,30,32H,9-13,15,17H2,1-4H3/t23-,35?/m1/s1. The van der Waals surface area contributed by atoms with Crippen LogP contribution in [0.4, 0.5) is 5.82 Å². The second kappa shape index (κ2) is 10.8. The fourth-order valence-corrected chi connectivity index (χ4v) is 6.25. The number of aromatic nitrogens is 2. The van der Waals surface area contributed by atoms with Crippen molar-refractivity contribution < 1.29 is 14.4 Å². The Bertz CT molecular complexity index is 1120. The number of hydrogen-bond acceptors (Lipinski definition) is 7. The van der Waals surface area contributed by atoms with Crippen molar-refractivity contribution in [2.75, 3.05) is 31.7 Å². The molecule has 0 amide bonds. The summed E-state index contributed by atoms with van der Waals surface area (Å²) in [6.07, 6.45) is 4.43. The van der Waals surface area contributed by atoms with Crippen molar-refractivity contribution in [3.63, 3.8) is 0 Å². The molecule has 7 nitrogen and oxygen atoms in total. The SMILES string of the molecule is COCC#Cc1ccc2c(c1)[C@@H](N[S+]([O-])C(C)(C)C)C1(CCN(c3ncc(Br)nc3CO)CC1)C2. The largest absolute Gasteiger partial charge is 0.598 e. The summed E-state index contributed by atoms with van der Waals surface area (Å²) in [5.41, 5.74) is 3.95. The van der Waals surface area contributed by atoms with Gasteiger partial charge < -0.3 is 19.3 Å². The molecule has 1 aliphatic carbocycles. The van der Waals surface area contributed by atoms with E-state index in [4.69, 9.17) is 4.74 Å². The van der Waals surface area contributed by atoms with Crippen LogP contribution >= 0.6 is 15.9 Å². The summed E-state index contributed by atoms with van der Waals surface area (Å²) < 4.78 is 22.1. The minimum Gasteiger partial charge on any atom is -0.598 e. The molecule has 9 heteroatoms. The van der Waals surface area contributed by atoms with E-state index >= 15 is 0 Å². The van der Waals surface area contributed by atoms with Gasteiger partial charge in [0.15, 0.2) is 5.82 Å². The van der Waals surface area contributed by atoms with E-state index in [-0.39, 0.29) is 22.8 Å². The average molecular weight is 562 g/mol. The molecule has 2 N–H and O–H groups in total. The summed E-state index contributed by atoms with van der Waals surface area (Å²) in [5, 5.41) is 9.80. The number of piperidine rings is 1. The number of fused-ring (bicyclic) bond motifs is 1. The first-order chi connectivity index (χ1) is 16.7. The number of aliphatic hydroxyl groups excluding tert-OH is 1. The molecule has 1 aromatic carbocycles. The van der Waals surface area contributed by atoms with E-state index in [9.17, 15) is 9.66 Å². The molecule has 0 saturated carbocycles. The molecule has 0 bridgehead atoms. The molecule has 1 aromatic heterocycles. The van der Waals surface area contributed by atoms with E-state index in [1.807, 2.05) is 20.8 Å². The van der Waals surface area contributed by atoms with Crippen molar-refractivity contribution >= 4 is 33.1 Å². The number of hydrogen-bond donors (Lipinski definition) is 2. The predicted molar refractivity (Wildman–Crippen MR) is 142 cm³/mol. The van der Waals surface area contributed by atoms with Crippen LogP contribution < -0.4 is 9.62 Å². The number of nitrogens with zero attached hydrogens (tertiary/aromatic N) is 3. The number of nitrogens with one attached hydrogen (secondary N) is 1. The van der Waals surface area contributed by atoms with E-state index in [0.29, 0.717) is 16.9 Å². The lowest BCUT2D eigenvalue weighted by Gasteiger charge is -2.44. The van der Waals surface area contributed by atoms with Gasteiger partial charge in [-0.05, 0) is 79.2 Å². The third-order valence-corrected chi connectivity index (χ3v) is 8.79. The number of anilines is 1. The first kappa shape index (κ1) is 26.4.